The van der Waals surface area contributed by atoms with Crippen molar-refractivity contribution in [3.63, 3.8) is 0 Å². The maximum atomic E-state index is 13.8. The number of fused-ring (bicyclic) bond motifs is 1. The molecule has 3 nitrogen and oxygen atoms in total. The van der Waals surface area contributed by atoms with E-state index in [1.807, 2.05) is 72.8 Å². The predicted octanol–water partition coefficient (Wildman–Crippen LogP) is 7.06. The molecule has 4 rings (SSSR count). The first-order valence-electron chi connectivity index (χ1n) is 9.79. The fourth-order valence-electron chi connectivity index (χ4n) is 3.75. The molecule has 1 aliphatic heterocycles. The molecule has 5 heteroatoms. The minimum absolute atomic E-state index is 0.170. The van der Waals surface area contributed by atoms with E-state index in [0.29, 0.717) is 16.1 Å². The predicted molar refractivity (Wildman–Crippen MR) is 124 cm³/mol. The van der Waals surface area contributed by atoms with E-state index in [9.17, 15) is 4.57 Å². The van der Waals surface area contributed by atoms with Gasteiger partial charge in [0.15, 0.2) is 0 Å². The monoisotopic (exact) mass is 436 g/mol. The molecule has 0 fully saturated rings. The molecule has 0 spiro atoms. The van der Waals surface area contributed by atoms with E-state index in [-0.39, 0.29) is 12.5 Å². The summed E-state index contributed by atoms with van der Waals surface area (Å²) in [6.45, 7) is 6.14. The van der Waals surface area contributed by atoms with Gasteiger partial charge in [0.2, 0.25) is 0 Å². The van der Waals surface area contributed by atoms with Crippen LogP contribution >= 0.6 is 19.2 Å². The SMILES string of the molecule is C=CC(C1=C(c2ccccc2)OP(=O)(OCC)c2cc(Cl)ccc21)c1ccccc1. The number of hydrogen-bond donors (Lipinski definition) is 0. The normalized spacial score (nSPS) is 19.0. The first-order valence-corrected chi connectivity index (χ1v) is 11.7. The molecule has 152 valence electrons. The number of rotatable bonds is 6. The zero-order chi connectivity index (χ0) is 21.1. The topological polar surface area (TPSA) is 35.5 Å². The van der Waals surface area contributed by atoms with Gasteiger partial charge in [0, 0.05) is 22.1 Å². The summed E-state index contributed by atoms with van der Waals surface area (Å²) in [7, 11) is -3.61. The second-order valence-corrected chi connectivity index (χ2v) is 9.25. The Morgan fingerprint density at radius 2 is 1.73 bits per heavy atom. The lowest BCUT2D eigenvalue weighted by Crippen LogP contribution is -2.22. The molecule has 3 aromatic carbocycles. The van der Waals surface area contributed by atoms with Crippen LogP contribution in [0, 0.1) is 0 Å². The fraction of sp³-hybridized carbons (Fsp3) is 0.120. The molecule has 0 aliphatic carbocycles. The van der Waals surface area contributed by atoms with Crippen LogP contribution in [0.1, 0.15) is 29.5 Å². The quantitative estimate of drug-likeness (QED) is 0.306. The van der Waals surface area contributed by atoms with Gasteiger partial charge in [-0.1, -0.05) is 84.4 Å². The van der Waals surface area contributed by atoms with Gasteiger partial charge in [-0.25, -0.2) is 4.57 Å². The van der Waals surface area contributed by atoms with Gasteiger partial charge in [-0.2, -0.15) is 0 Å². The Hall–Kier alpha value is -2.58. The summed E-state index contributed by atoms with van der Waals surface area (Å²) < 4.78 is 25.7. The Morgan fingerprint density at radius 3 is 2.37 bits per heavy atom. The van der Waals surface area contributed by atoms with Crippen LogP contribution in [-0.2, 0) is 13.6 Å². The molecule has 2 unspecified atom stereocenters. The molecule has 1 heterocycles. The highest BCUT2D eigenvalue weighted by molar-refractivity contribution is 7.62. The molecule has 0 radical (unpaired) electrons. The van der Waals surface area contributed by atoms with Crippen molar-refractivity contribution in [2.24, 2.45) is 0 Å². The molecule has 1 aliphatic rings. The molecule has 3 aromatic rings. The Kier molecular flexibility index (Phi) is 5.97. The lowest BCUT2D eigenvalue weighted by Gasteiger charge is -2.33. The summed E-state index contributed by atoms with van der Waals surface area (Å²) in [5, 5.41) is 0.962. The van der Waals surface area contributed by atoms with Crippen molar-refractivity contribution in [3.05, 3.63) is 113 Å². The van der Waals surface area contributed by atoms with Gasteiger partial charge in [0.25, 0.3) is 0 Å². The van der Waals surface area contributed by atoms with Crippen LogP contribution in [0.25, 0.3) is 11.3 Å². The highest BCUT2D eigenvalue weighted by Crippen LogP contribution is 2.58. The second kappa shape index (κ2) is 8.65. The molecule has 0 bridgehead atoms. The van der Waals surface area contributed by atoms with Crippen molar-refractivity contribution in [1.29, 1.82) is 0 Å². The Labute approximate surface area is 182 Å². The fourth-order valence-corrected chi connectivity index (χ4v) is 5.86. The van der Waals surface area contributed by atoms with Crippen molar-refractivity contribution in [2.75, 3.05) is 6.61 Å². The van der Waals surface area contributed by atoms with Gasteiger partial charge in [0.1, 0.15) is 5.76 Å². The third-order valence-corrected chi connectivity index (χ3v) is 7.26. The van der Waals surface area contributed by atoms with E-state index in [2.05, 4.69) is 6.58 Å². The van der Waals surface area contributed by atoms with E-state index < -0.39 is 7.60 Å². The number of benzene rings is 3. The van der Waals surface area contributed by atoms with Crippen LogP contribution < -0.4 is 5.30 Å². The van der Waals surface area contributed by atoms with Crippen LogP contribution in [0.2, 0.25) is 5.02 Å². The Bertz CT molecular complexity index is 1140. The van der Waals surface area contributed by atoms with Crippen molar-refractivity contribution in [1.82, 2.24) is 0 Å². The number of allylic oxidation sites excluding steroid dienone is 2. The molecule has 2 atom stereocenters. The lowest BCUT2D eigenvalue weighted by molar-refractivity contribution is 0.279. The Morgan fingerprint density at radius 1 is 1.07 bits per heavy atom. The zero-order valence-corrected chi connectivity index (χ0v) is 18.3. The van der Waals surface area contributed by atoms with Crippen molar-refractivity contribution < 1.29 is 13.6 Å². The minimum atomic E-state index is -3.61. The average molecular weight is 437 g/mol. The molecule has 0 aromatic heterocycles. The Balaban J connectivity index is 2.05. The van der Waals surface area contributed by atoms with E-state index in [0.717, 1.165) is 22.3 Å². The third kappa shape index (κ3) is 3.77. The largest absolute Gasteiger partial charge is 0.420 e. The van der Waals surface area contributed by atoms with E-state index in [1.54, 1.807) is 19.1 Å². The summed E-state index contributed by atoms with van der Waals surface area (Å²) in [6.07, 6.45) is 1.88. The van der Waals surface area contributed by atoms with Gasteiger partial charge < -0.3 is 4.52 Å². The smallest absolute Gasteiger partial charge is 0.411 e. The summed E-state index contributed by atoms with van der Waals surface area (Å²) in [5.41, 5.74) is 3.58. The molecule has 0 N–H and O–H groups in total. The van der Waals surface area contributed by atoms with Crippen LogP contribution in [0.4, 0.5) is 0 Å². The average Bonchev–Trinajstić information content (AvgIpc) is 2.77. The summed E-state index contributed by atoms with van der Waals surface area (Å²) in [4.78, 5) is 0. The first kappa shape index (κ1) is 20.7. The van der Waals surface area contributed by atoms with Crippen LogP contribution in [0.5, 0.6) is 0 Å². The van der Waals surface area contributed by atoms with Gasteiger partial charge in [-0.15, -0.1) is 6.58 Å². The first-order chi connectivity index (χ1) is 14.6. The van der Waals surface area contributed by atoms with Gasteiger partial charge in [-0.05, 0) is 30.2 Å². The second-order valence-electron chi connectivity index (χ2n) is 6.90. The third-order valence-electron chi connectivity index (χ3n) is 5.04. The standard InChI is InChI=1S/C25H22ClO3P/c1-3-21(18-11-7-5-8-12-18)24-22-16-15-20(26)17-23(22)30(27,28-4-2)29-25(24)19-13-9-6-10-14-19/h3,5-17,21H,1,4H2,2H3. The maximum Gasteiger partial charge on any atom is 0.411 e. The highest BCUT2D eigenvalue weighted by Gasteiger charge is 2.41. The van der Waals surface area contributed by atoms with Gasteiger partial charge in [0.05, 0.1) is 11.9 Å². The summed E-state index contributed by atoms with van der Waals surface area (Å²) in [5.74, 6) is 0.368. The van der Waals surface area contributed by atoms with Gasteiger partial charge >= 0.3 is 7.60 Å². The summed E-state index contributed by atoms with van der Waals surface area (Å²) >= 11 is 6.27. The zero-order valence-electron chi connectivity index (χ0n) is 16.6. The van der Waals surface area contributed by atoms with Crippen molar-refractivity contribution in [2.45, 2.75) is 12.8 Å². The minimum Gasteiger partial charge on any atom is -0.420 e. The van der Waals surface area contributed by atoms with Crippen LogP contribution in [-0.4, -0.2) is 6.61 Å². The van der Waals surface area contributed by atoms with E-state index in [1.165, 1.54) is 0 Å². The van der Waals surface area contributed by atoms with E-state index in [4.69, 9.17) is 20.6 Å². The number of halogens is 1. The van der Waals surface area contributed by atoms with Crippen molar-refractivity contribution in [3.8, 4) is 0 Å². The molecule has 0 saturated carbocycles. The van der Waals surface area contributed by atoms with Gasteiger partial charge in [-0.3, -0.25) is 4.52 Å². The van der Waals surface area contributed by atoms with Crippen LogP contribution in [0.3, 0.4) is 0 Å². The molecule has 30 heavy (non-hydrogen) atoms. The molecular weight excluding hydrogens is 415 g/mol. The highest BCUT2D eigenvalue weighted by atomic mass is 35.5. The summed E-state index contributed by atoms with van der Waals surface area (Å²) in [6, 6.07) is 25.1. The molecule has 0 saturated heterocycles. The molecule has 0 amide bonds. The number of hydrogen-bond acceptors (Lipinski definition) is 3. The van der Waals surface area contributed by atoms with Crippen LogP contribution in [0.15, 0.2) is 91.5 Å². The molecular formula is C25H22ClO3P. The van der Waals surface area contributed by atoms with E-state index >= 15 is 0 Å². The lowest BCUT2D eigenvalue weighted by atomic mass is 9.84. The maximum absolute atomic E-state index is 13.8. The van der Waals surface area contributed by atoms with Crippen molar-refractivity contribution >= 4 is 35.8 Å².